The molecule has 230 valence electrons. The molecule has 1 fully saturated rings. The summed E-state index contributed by atoms with van der Waals surface area (Å²) in [6, 6.07) is 12.2. The van der Waals surface area contributed by atoms with Crippen molar-refractivity contribution < 1.29 is 41.9 Å². The predicted molar refractivity (Wildman–Crippen MR) is 151 cm³/mol. The molecule has 1 atom stereocenters. The van der Waals surface area contributed by atoms with Crippen LogP contribution >= 0.6 is 11.6 Å². The highest BCUT2D eigenvalue weighted by Crippen LogP contribution is 2.46. The Morgan fingerprint density at radius 1 is 1.18 bits per heavy atom. The fraction of sp³-hybridized carbons (Fsp3) is 0.333. The lowest BCUT2D eigenvalue weighted by molar-refractivity contribution is -0.274. The maximum atomic E-state index is 13.1. The minimum atomic E-state index is -4.87. The van der Waals surface area contributed by atoms with Crippen molar-refractivity contribution in [3.8, 4) is 22.8 Å². The number of halogens is 4. The van der Waals surface area contributed by atoms with Gasteiger partial charge in [0.1, 0.15) is 35.3 Å². The summed E-state index contributed by atoms with van der Waals surface area (Å²) in [6.45, 7) is 3.74. The maximum Gasteiger partial charge on any atom is 0.573 e. The molecule has 2 aromatic carbocycles. The molecule has 0 bridgehead atoms. The third-order valence-electron chi connectivity index (χ3n) is 7.25. The van der Waals surface area contributed by atoms with Crippen molar-refractivity contribution in [2.24, 2.45) is 5.16 Å². The second-order valence-electron chi connectivity index (χ2n) is 10.8. The van der Waals surface area contributed by atoms with Crippen LogP contribution in [0.3, 0.4) is 0 Å². The standard InChI is InChI=1S/C30H26ClF3N4O6/c1-15(2)38-24(12-23(35-38)29(39)40)22-13-26(43-36-22)18-10-9-17(11-21(18)31)41-14-20-27(37-44-28(20)16-7-8-16)19-5-3-4-6-25(19)42-30(32,33)34/h3-6,9-12,15-16,26H,7-8,13-14H2,1-2H3,(H,39,40). The zero-order valence-electron chi connectivity index (χ0n) is 23.5. The van der Waals surface area contributed by atoms with Gasteiger partial charge in [0.15, 0.2) is 11.8 Å². The molecule has 14 heteroatoms. The van der Waals surface area contributed by atoms with Crippen molar-refractivity contribution in [2.45, 2.75) is 64.1 Å². The van der Waals surface area contributed by atoms with Crippen LogP contribution in [0.15, 0.2) is 58.2 Å². The Hall–Kier alpha value is -4.52. The number of carbonyl (C=O) groups is 1. The number of nitrogens with zero attached hydrogens (tertiary/aromatic N) is 4. The fourth-order valence-corrected chi connectivity index (χ4v) is 5.33. The van der Waals surface area contributed by atoms with Crippen molar-refractivity contribution in [3.63, 3.8) is 0 Å². The van der Waals surface area contributed by atoms with Crippen LogP contribution in [-0.2, 0) is 11.4 Å². The highest BCUT2D eigenvalue weighted by Gasteiger charge is 2.36. The summed E-state index contributed by atoms with van der Waals surface area (Å²) in [5.41, 5.74) is 2.54. The van der Waals surface area contributed by atoms with Crippen LogP contribution in [0.2, 0.25) is 5.02 Å². The first-order chi connectivity index (χ1) is 21.0. The lowest BCUT2D eigenvalue weighted by Crippen LogP contribution is -2.17. The van der Waals surface area contributed by atoms with Gasteiger partial charge in [0.25, 0.3) is 0 Å². The van der Waals surface area contributed by atoms with Crippen LogP contribution < -0.4 is 9.47 Å². The Morgan fingerprint density at radius 3 is 2.64 bits per heavy atom. The average Bonchev–Trinajstić information content (AvgIpc) is 3.34. The lowest BCUT2D eigenvalue weighted by atomic mass is 10.0. The molecule has 1 unspecified atom stereocenters. The number of carboxylic acids is 1. The second kappa shape index (κ2) is 11.5. The topological polar surface area (TPSA) is 121 Å². The molecule has 1 saturated carbocycles. The van der Waals surface area contributed by atoms with Gasteiger partial charge in [-0.1, -0.05) is 40.1 Å². The van der Waals surface area contributed by atoms with Gasteiger partial charge in [0, 0.05) is 35.6 Å². The van der Waals surface area contributed by atoms with Crippen molar-refractivity contribution in [1.29, 1.82) is 0 Å². The van der Waals surface area contributed by atoms with E-state index in [-0.39, 0.29) is 35.5 Å². The summed E-state index contributed by atoms with van der Waals surface area (Å²) >= 11 is 6.63. The third kappa shape index (κ3) is 6.09. The zero-order chi connectivity index (χ0) is 31.2. The number of ether oxygens (including phenoxy) is 2. The number of benzene rings is 2. The van der Waals surface area contributed by atoms with E-state index >= 15 is 0 Å². The molecule has 0 radical (unpaired) electrons. The van der Waals surface area contributed by atoms with Gasteiger partial charge in [-0.15, -0.1) is 13.2 Å². The van der Waals surface area contributed by atoms with E-state index in [1.54, 1.807) is 28.9 Å². The highest BCUT2D eigenvalue weighted by molar-refractivity contribution is 6.31. The van der Waals surface area contributed by atoms with Crippen molar-refractivity contribution in [2.75, 3.05) is 0 Å². The summed E-state index contributed by atoms with van der Waals surface area (Å²) in [5.74, 6) is -0.431. The summed E-state index contributed by atoms with van der Waals surface area (Å²) in [7, 11) is 0. The van der Waals surface area contributed by atoms with E-state index in [0.29, 0.717) is 45.5 Å². The van der Waals surface area contributed by atoms with E-state index in [9.17, 15) is 23.1 Å². The van der Waals surface area contributed by atoms with Gasteiger partial charge >= 0.3 is 12.3 Å². The second-order valence-corrected chi connectivity index (χ2v) is 11.2. The van der Waals surface area contributed by atoms with Gasteiger partial charge in [-0.25, -0.2) is 4.79 Å². The number of carboxylic acid groups (broad SMARTS) is 1. The highest BCUT2D eigenvalue weighted by atomic mass is 35.5. The molecule has 10 nitrogen and oxygen atoms in total. The first-order valence-corrected chi connectivity index (χ1v) is 14.2. The number of para-hydroxylation sites is 1. The number of aromatic nitrogens is 3. The molecule has 2 aromatic heterocycles. The van der Waals surface area contributed by atoms with Crippen LogP contribution in [0.25, 0.3) is 11.3 Å². The van der Waals surface area contributed by atoms with E-state index in [0.717, 1.165) is 12.8 Å². The predicted octanol–water partition coefficient (Wildman–Crippen LogP) is 7.69. The normalized spacial score (nSPS) is 16.6. The molecule has 0 spiro atoms. The quantitative estimate of drug-likeness (QED) is 0.189. The van der Waals surface area contributed by atoms with Gasteiger partial charge in [-0.3, -0.25) is 4.68 Å². The molecule has 1 N–H and O–H groups in total. The molecule has 4 aromatic rings. The maximum absolute atomic E-state index is 13.1. The molecular weight excluding hydrogens is 605 g/mol. The molecule has 2 aliphatic rings. The first-order valence-electron chi connectivity index (χ1n) is 13.8. The van der Waals surface area contributed by atoms with Crippen LogP contribution in [0, 0.1) is 0 Å². The molecule has 1 aliphatic heterocycles. The Kier molecular flexibility index (Phi) is 7.74. The number of hydrogen-bond donors (Lipinski definition) is 1. The van der Waals surface area contributed by atoms with E-state index in [1.807, 2.05) is 13.8 Å². The lowest BCUT2D eigenvalue weighted by Gasteiger charge is -2.14. The van der Waals surface area contributed by atoms with E-state index < -0.39 is 24.2 Å². The Bertz CT molecular complexity index is 1740. The smallest absolute Gasteiger partial charge is 0.489 e. The molecular formula is C30H26ClF3N4O6. The first kappa shape index (κ1) is 29.5. The number of hydrogen-bond acceptors (Lipinski definition) is 8. The Balaban J connectivity index is 1.19. The van der Waals surface area contributed by atoms with Gasteiger partial charge in [-0.05, 0) is 51.0 Å². The van der Waals surface area contributed by atoms with Crippen LogP contribution in [-0.4, -0.2) is 38.1 Å². The minimum absolute atomic E-state index is 0.0288. The van der Waals surface area contributed by atoms with Gasteiger partial charge in [0.2, 0.25) is 0 Å². The summed E-state index contributed by atoms with van der Waals surface area (Å²) in [4.78, 5) is 17.1. The third-order valence-corrected chi connectivity index (χ3v) is 7.57. The molecule has 44 heavy (non-hydrogen) atoms. The number of alkyl halides is 3. The zero-order valence-corrected chi connectivity index (χ0v) is 24.2. The van der Waals surface area contributed by atoms with Crippen molar-refractivity contribution >= 4 is 23.3 Å². The monoisotopic (exact) mass is 630 g/mol. The van der Waals surface area contributed by atoms with Crippen LogP contribution in [0.5, 0.6) is 11.5 Å². The van der Waals surface area contributed by atoms with Gasteiger partial charge in [0.05, 0.1) is 16.3 Å². The average molecular weight is 631 g/mol. The van der Waals surface area contributed by atoms with Gasteiger partial charge in [-0.2, -0.15) is 5.10 Å². The van der Waals surface area contributed by atoms with Crippen molar-refractivity contribution in [3.05, 3.63) is 81.8 Å². The van der Waals surface area contributed by atoms with Crippen LogP contribution in [0.1, 0.15) is 84.2 Å². The van der Waals surface area contributed by atoms with Gasteiger partial charge < -0.3 is 23.9 Å². The van der Waals surface area contributed by atoms with Crippen LogP contribution in [0.4, 0.5) is 13.2 Å². The molecule has 6 rings (SSSR count). The summed E-state index contributed by atoms with van der Waals surface area (Å²) in [6.07, 6.45) is -3.30. The SMILES string of the molecule is CC(C)n1nc(C(=O)O)cc1C1=NOC(c2ccc(OCc3c(-c4ccccc4OC(F)(F)F)noc3C3CC3)cc2Cl)C1. The molecule has 3 heterocycles. The summed E-state index contributed by atoms with van der Waals surface area (Å²) < 4.78 is 56.7. The number of rotatable bonds is 10. The van der Waals surface area contributed by atoms with E-state index in [4.69, 9.17) is 25.7 Å². The fourth-order valence-electron chi connectivity index (χ4n) is 5.03. The molecule has 0 saturated heterocycles. The largest absolute Gasteiger partial charge is 0.573 e. The summed E-state index contributed by atoms with van der Waals surface area (Å²) in [5, 5.41) is 22.2. The van der Waals surface area contributed by atoms with E-state index in [2.05, 4.69) is 20.1 Å². The van der Waals surface area contributed by atoms with Crippen molar-refractivity contribution in [1.82, 2.24) is 14.9 Å². The minimum Gasteiger partial charge on any atom is -0.489 e. The Morgan fingerprint density at radius 2 is 1.95 bits per heavy atom. The van der Waals surface area contributed by atoms with E-state index in [1.165, 1.54) is 24.3 Å². The number of oxime groups is 1. The Labute approximate surface area is 253 Å². The number of aromatic carboxylic acids is 1. The molecule has 1 aliphatic carbocycles. The molecule has 0 amide bonds.